The third-order valence-electron chi connectivity index (χ3n) is 2.49. The normalized spacial score (nSPS) is 14.8. The van der Waals surface area contributed by atoms with Crippen molar-refractivity contribution in [3.63, 3.8) is 0 Å². The topological polar surface area (TPSA) is 60.4 Å². The van der Waals surface area contributed by atoms with E-state index in [9.17, 15) is 39.6 Å². The minimum Gasteiger partial charge on any atom is -0.468 e. The van der Waals surface area contributed by atoms with Gasteiger partial charge in [0, 0.05) is 6.42 Å². The van der Waals surface area contributed by atoms with Gasteiger partial charge in [-0.15, -0.1) is 0 Å². The lowest BCUT2D eigenvalue weighted by Crippen LogP contribution is -2.34. The van der Waals surface area contributed by atoms with Crippen molar-refractivity contribution in [2.45, 2.75) is 43.3 Å². The zero-order valence-corrected chi connectivity index (χ0v) is 11.7. The fourth-order valence-corrected chi connectivity index (χ4v) is 3.18. The number of halogens is 6. The third-order valence-corrected chi connectivity index (χ3v) is 4.56. The summed E-state index contributed by atoms with van der Waals surface area (Å²) in [6.45, 7) is 0. The van der Waals surface area contributed by atoms with Gasteiger partial charge in [-0.1, -0.05) is 0 Å². The molecular weight excluding hydrogens is 330 g/mol. The molecule has 0 heterocycles. The Kier molecular flexibility index (Phi) is 6.97. The number of methoxy groups -OCH3 is 1. The molecular formula is C10H14F6O4S. The van der Waals surface area contributed by atoms with Gasteiger partial charge >= 0.3 is 18.3 Å². The van der Waals surface area contributed by atoms with Crippen LogP contribution in [0.5, 0.6) is 0 Å². The Balaban J connectivity index is 4.85. The van der Waals surface area contributed by atoms with Gasteiger partial charge in [-0.25, -0.2) is 8.42 Å². The first-order chi connectivity index (χ1) is 9.28. The maximum atomic E-state index is 12.0. The zero-order valence-electron chi connectivity index (χ0n) is 10.9. The summed E-state index contributed by atoms with van der Waals surface area (Å²) in [6.07, 6.45) is -13.8. The summed E-state index contributed by atoms with van der Waals surface area (Å²) >= 11 is 0. The number of ether oxygens (including phenoxy) is 1. The van der Waals surface area contributed by atoms with Crippen LogP contribution in [0.25, 0.3) is 0 Å². The molecule has 126 valence electrons. The molecule has 0 amide bonds. The summed E-state index contributed by atoms with van der Waals surface area (Å²) in [6, 6.07) is 0. The predicted octanol–water partition coefficient (Wildman–Crippen LogP) is 2.63. The average molecular weight is 344 g/mol. The molecule has 21 heavy (non-hydrogen) atoms. The highest BCUT2D eigenvalue weighted by Crippen LogP contribution is 2.26. The van der Waals surface area contributed by atoms with Crippen molar-refractivity contribution >= 4 is 15.8 Å². The van der Waals surface area contributed by atoms with Gasteiger partial charge < -0.3 is 4.74 Å². The summed E-state index contributed by atoms with van der Waals surface area (Å²) < 4.78 is 99.4. The van der Waals surface area contributed by atoms with Crippen molar-refractivity contribution in [2.24, 2.45) is 0 Å². The Bertz CT molecular complexity index is 439. The first-order valence-corrected chi connectivity index (χ1v) is 7.43. The van der Waals surface area contributed by atoms with E-state index < -0.39 is 64.8 Å². The maximum absolute atomic E-state index is 12.0. The van der Waals surface area contributed by atoms with Crippen molar-refractivity contribution in [1.29, 1.82) is 0 Å². The molecule has 0 aromatic carbocycles. The average Bonchev–Trinajstić information content (AvgIpc) is 2.29. The molecule has 0 saturated heterocycles. The maximum Gasteiger partial charge on any atom is 0.390 e. The van der Waals surface area contributed by atoms with Gasteiger partial charge in [0.15, 0.2) is 15.1 Å². The molecule has 0 saturated carbocycles. The molecule has 0 fully saturated rings. The lowest BCUT2D eigenvalue weighted by molar-refractivity contribution is -0.143. The molecule has 11 heteroatoms. The third kappa shape index (κ3) is 8.79. The van der Waals surface area contributed by atoms with Crippen LogP contribution < -0.4 is 0 Å². The molecule has 0 rings (SSSR count). The number of esters is 1. The van der Waals surface area contributed by atoms with Crippen LogP contribution in [0.3, 0.4) is 0 Å². The molecule has 0 bridgehead atoms. The first-order valence-electron chi connectivity index (χ1n) is 5.71. The lowest BCUT2D eigenvalue weighted by atomic mass is 10.2. The second kappa shape index (κ2) is 7.32. The summed E-state index contributed by atoms with van der Waals surface area (Å²) in [5, 5.41) is -2.02. The van der Waals surface area contributed by atoms with Gasteiger partial charge in [0.2, 0.25) is 0 Å². The molecule has 0 aliphatic carbocycles. The largest absolute Gasteiger partial charge is 0.468 e. The minimum atomic E-state index is -4.75. The Morgan fingerprint density at radius 1 is 1.05 bits per heavy atom. The molecule has 0 N–H and O–H groups in total. The van der Waals surface area contributed by atoms with Crippen LogP contribution in [0.2, 0.25) is 0 Å². The lowest BCUT2D eigenvalue weighted by Gasteiger charge is -2.16. The molecule has 1 atom stereocenters. The number of alkyl halides is 6. The molecule has 0 aliphatic rings. The number of hydrogen-bond donors (Lipinski definition) is 0. The fourth-order valence-electron chi connectivity index (χ4n) is 1.46. The Labute approximate surface area is 117 Å². The SMILES string of the molecule is COC(=O)C(CCCC(F)(F)F)S(=O)(=O)CCC(F)(F)F. The molecule has 0 aliphatic heterocycles. The highest BCUT2D eigenvalue weighted by Gasteiger charge is 2.38. The minimum absolute atomic E-state index is 0.700. The van der Waals surface area contributed by atoms with E-state index >= 15 is 0 Å². The van der Waals surface area contributed by atoms with E-state index in [0.717, 1.165) is 7.11 Å². The summed E-state index contributed by atoms with van der Waals surface area (Å²) in [5.41, 5.74) is 0. The second-order valence-corrected chi connectivity index (χ2v) is 6.55. The quantitative estimate of drug-likeness (QED) is 0.526. The van der Waals surface area contributed by atoms with Crippen molar-refractivity contribution < 1.29 is 44.3 Å². The summed E-state index contributed by atoms with van der Waals surface area (Å²) in [7, 11) is -3.74. The molecule has 0 spiro atoms. The van der Waals surface area contributed by atoms with Gasteiger partial charge in [-0.2, -0.15) is 26.3 Å². The van der Waals surface area contributed by atoms with Crippen molar-refractivity contribution in [3.8, 4) is 0 Å². The van der Waals surface area contributed by atoms with E-state index in [1.54, 1.807) is 0 Å². The van der Waals surface area contributed by atoms with E-state index in [-0.39, 0.29) is 0 Å². The van der Waals surface area contributed by atoms with Crippen molar-refractivity contribution in [1.82, 2.24) is 0 Å². The zero-order chi connectivity index (χ0) is 16.9. The van der Waals surface area contributed by atoms with Crippen molar-refractivity contribution in [2.75, 3.05) is 12.9 Å². The van der Waals surface area contributed by atoms with Gasteiger partial charge in [-0.3, -0.25) is 4.79 Å². The Morgan fingerprint density at radius 2 is 1.52 bits per heavy atom. The number of carbonyl (C=O) groups excluding carboxylic acids is 1. The van der Waals surface area contributed by atoms with E-state index in [1.807, 2.05) is 0 Å². The van der Waals surface area contributed by atoms with E-state index in [0.29, 0.717) is 0 Å². The van der Waals surface area contributed by atoms with Crippen LogP contribution in [0, 0.1) is 0 Å². The Morgan fingerprint density at radius 3 is 1.90 bits per heavy atom. The van der Waals surface area contributed by atoms with Crippen LogP contribution >= 0.6 is 0 Å². The van der Waals surface area contributed by atoms with Crippen LogP contribution in [-0.2, 0) is 19.4 Å². The number of rotatable bonds is 7. The number of sulfone groups is 1. The van der Waals surface area contributed by atoms with Gasteiger partial charge in [-0.05, 0) is 12.8 Å². The molecule has 1 unspecified atom stereocenters. The molecule has 0 radical (unpaired) electrons. The van der Waals surface area contributed by atoms with Crippen LogP contribution in [0.1, 0.15) is 25.7 Å². The smallest absolute Gasteiger partial charge is 0.390 e. The van der Waals surface area contributed by atoms with Gasteiger partial charge in [0.05, 0.1) is 19.3 Å². The summed E-state index contributed by atoms with van der Waals surface area (Å²) in [4.78, 5) is 11.3. The highest BCUT2D eigenvalue weighted by molar-refractivity contribution is 7.92. The van der Waals surface area contributed by atoms with E-state index in [1.165, 1.54) is 0 Å². The van der Waals surface area contributed by atoms with Gasteiger partial charge in [0.1, 0.15) is 0 Å². The van der Waals surface area contributed by atoms with Crippen LogP contribution in [0.15, 0.2) is 0 Å². The highest BCUT2D eigenvalue weighted by atomic mass is 32.2. The summed E-state index contributed by atoms with van der Waals surface area (Å²) in [5.74, 6) is -2.73. The van der Waals surface area contributed by atoms with Gasteiger partial charge in [0.25, 0.3) is 0 Å². The fraction of sp³-hybridized carbons (Fsp3) is 0.900. The number of carbonyl (C=O) groups is 1. The predicted molar refractivity (Wildman–Crippen MR) is 60.2 cm³/mol. The van der Waals surface area contributed by atoms with Crippen molar-refractivity contribution in [3.05, 3.63) is 0 Å². The van der Waals surface area contributed by atoms with Crippen LogP contribution in [0.4, 0.5) is 26.3 Å². The molecule has 0 aromatic heterocycles. The Hall–Kier alpha value is -1.00. The monoisotopic (exact) mass is 344 g/mol. The molecule has 0 aromatic rings. The van der Waals surface area contributed by atoms with E-state index in [2.05, 4.69) is 4.74 Å². The number of hydrogen-bond acceptors (Lipinski definition) is 4. The first kappa shape index (κ1) is 20.0. The van der Waals surface area contributed by atoms with E-state index in [4.69, 9.17) is 0 Å². The molecule has 4 nitrogen and oxygen atoms in total. The standard InChI is InChI=1S/C10H14F6O4S/c1-20-8(17)7(3-2-4-9(11,12)13)21(18,19)6-5-10(14,15)16/h7H,2-6H2,1H3. The second-order valence-electron chi connectivity index (χ2n) is 4.25. The van der Waals surface area contributed by atoms with Crippen LogP contribution in [-0.4, -0.2) is 44.9 Å².